The molecule has 0 atom stereocenters. The van der Waals surface area contributed by atoms with E-state index in [0.717, 1.165) is 5.56 Å². The van der Waals surface area contributed by atoms with Gasteiger partial charge in [-0.3, -0.25) is 10.1 Å². The minimum absolute atomic E-state index is 0.0627. The predicted octanol–water partition coefficient (Wildman–Crippen LogP) is 4.46. The van der Waals surface area contributed by atoms with Crippen molar-refractivity contribution in [2.24, 2.45) is 0 Å². The number of rotatable bonds is 4. The number of hydrogen-bond donors (Lipinski definition) is 1. The molecule has 0 bridgehead atoms. The Morgan fingerprint density at radius 1 is 1.26 bits per heavy atom. The zero-order valence-electron chi connectivity index (χ0n) is 12.0. The Morgan fingerprint density at radius 2 is 2.09 bits per heavy atom. The second-order valence-corrected chi connectivity index (χ2v) is 5.88. The van der Waals surface area contributed by atoms with Crippen molar-refractivity contribution >= 4 is 32.6 Å². The number of alkyl halides is 2. The van der Waals surface area contributed by atoms with Crippen LogP contribution in [0, 0.1) is 6.92 Å². The molecular formula is C16H12F2N2O2S. The van der Waals surface area contributed by atoms with Gasteiger partial charge in [-0.25, -0.2) is 4.98 Å². The highest BCUT2D eigenvalue weighted by atomic mass is 32.1. The van der Waals surface area contributed by atoms with Gasteiger partial charge in [-0.2, -0.15) is 8.78 Å². The van der Waals surface area contributed by atoms with Crippen LogP contribution in [-0.2, 0) is 0 Å². The summed E-state index contributed by atoms with van der Waals surface area (Å²) in [7, 11) is 0. The first-order chi connectivity index (χ1) is 11.0. The Kier molecular flexibility index (Phi) is 4.20. The van der Waals surface area contributed by atoms with Crippen molar-refractivity contribution in [3.05, 3.63) is 53.6 Å². The zero-order chi connectivity index (χ0) is 16.4. The number of hydrogen-bond acceptors (Lipinski definition) is 4. The van der Waals surface area contributed by atoms with Crippen LogP contribution in [0.15, 0.2) is 42.5 Å². The Bertz CT molecular complexity index is 864. The second-order valence-electron chi connectivity index (χ2n) is 4.85. The molecule has 0 aliphatic rings. The van der Waals surface area contributed by atoms with Crippen LogP contribution >= 0.6 is 11.3 Å². The number of nitrogens with zero attached hydrogens (tertiary/aromatic N) is 1. The van der Waals surface area contributed by atoms with Crippen LogP contribution in [0.25, 0.3) is 10.2 Å². The summed E-state index contributed by atoms with van der Waals surface area (Å²) in [6, 6.07) is 11.7. The Morgan fingerprint density at radius 3 is 2.83 bits per heavy atom. The lowest BCUT2D eigenvalue weighted by atomic mass is 10.1. The molecule has 0 unspecified atom stereocenters. The fourth-order valence-electron chi connectivity index (χ4n) is 2.09. The van der Waals surface area contributed by atoms with Gasteiger partial charge in [-0.15, -0.1) is 0 Å². The molecule has 23 heavy (non-hydrogen) atoms. The SMILES string of the molecule is Cc1cccc(C(=O)Nc2nc3ccc(OC(F)F)cc3s2)c1. The number of aryl methyl sites for hydroxylation is 1. The molecule has 1 amide bonds. The molecule has 1 N–H and O–H groups in total. The van der Waals surface area contributed by atoms with E-state index in [1.807, 2.05) is 13.0 Å². The monoisotopic (exact) mass is 334 g/mol. The number of halogens is 2. The van der Waals surface area contributed by atoms with Gasteiger partial charge in [0.2, 0.25) is 0 Å². The van der Waals surface area contributed by atoms with Gasteiger partial charge in [0.15, 0.2) is 5.13 Å². The summed E-state index contributed by atoms with van der Waals surface area (Å²) >= 11 is 1.20. The van der Waals surface area contributed by atoms with Gasteiger partial charge >= 0.3 is 6.61 Å². The van der Waals surface area contributed by atoms with Crippen molar-refractivity contribution in [2.45, 2.75) is 13.5 Å². The molecular weight excluding hydrogens is 322 g/mol. The van der Waals surface area contributed by atoms with Gasteiger partial charge in [-0.05, 0) is 37.3 Å². The first kappa shape index (κ1) is 15.4. The standard InChI is InChI=1S/C16H12F2N2O2S/c1-9-3-2-4-10(7-9)14(21)20-16-19-12-6-5-11(22-15(17)18)8-13(12)23-16/h2-8,15H,1H3,(H,19,20,21). The van der Waals surface area contributed by atoms with Gasteiger partial charge in [0, 0.05) is 5.56 Å². The lowest BCUT2D eigenvalue weighted by molar-refractivity contribution is -0.0497. The summed E-state index contributed by atoms with van der Waals surface area (Å²) in [5.74, 6) is -0.204. The number of amides is 1. The highest BCUT2D eigenvalue weighted by molar-refractivity contribution is 7.22. The van der Waals surface area contributed by atoms with Crippen molar-refractivity contribution in [1.29, 1.82) is 0 Å². The van der Waals surface area contributed by atoms with Crippen molar-refractivity contribution in [3.8, 4) is 5.75 Å². The zero-order valence-corrected chi connectivity index (χ0v) is 12.9. The number of aromatic nitrogens is 1. The molecule has 1 aromatic heterocycles. The summed E-state index contributed by atoms with van der Waals surface area (Å²) in [4.78, 5) is 16.5. The van der Waals surface area contributed by atoms with Gasteiger partial charge in [0.05, 0.1) is 10.2 Å². The molecule has 3 rings (SSSR count). The molecule has 4 nitrogen and oxygen atoms in total. The average Bonchev–Trinajstić information content (AvgIpc) is 2.88. The number of fused-ring (bicyclic) bond motifs is 1. The minimum atomic E-state index is -2.87. The van der Waals surface area contributed by atoms with Gasteiger partial charge in [-0.1, -0.05) is 29.0 Å². The maximum absolute atomic E-state index is 12.2. The molecule has 0 saturated heterocycles. The molecule has 7 heteroatoms. The van der Waals surface area contributed by atoms with Crippen LogP contribution in [0.1, 0.15) is 15.9 Å². The molecule has 3 aromatic rings. The van der Waals surface area contributed by atoms with E-state index in [0.29, 0.717) is 20.9 Å². The third-order valence-electron chi connectivity index (χ3n) is 3.09. The van der Waals surface area contributed by atoms with E-state index in [1.54, 1.807) is 24.3 Å². The molecule has 1 heterocycles. The minimum Gasteiger partial charge on any atom is -0.435 e. The van der Waals surface area contributed by atoms with Crippen molar-refractivity contribution in [2.75, 3.05) is 5.32 Å². The van der Waals surface area contributed by atoms with Crippen LogP contribution in [-0.4, -0.2) is 17.5 Å². The van der Waals surface area contributed by atoms with Gasteiger partial charge in [0.25, 0.3) is 5.91 Å². The highest BCUT2D eigenvalue weighted by Gasteiger charge is 2.11. The van der Waals surface area contributed by atoms with Crippen LogP contribution in [0.5, 0.6) is 5.75 Å². The lowest BCUT2D eigenvalue weighted by Gasteiger charge is -2.02. The normalized spacial score (nSPS) is 11.0. The number of ether oxygens (including phenoxy) is 1. The largest absolute Gasteiger partial charge is 0.435 e. The summed E-state index contributed by atoms with van der Waals surface area (Å²) in [6.07, 6.45) is 0. The van der Waals surface area contributed by atoms with Crippen LogP contribution in [0.4, 0.5) is 13.9 Å². The molecule has 0 spiro atoms. The second kappa shape index (κ2) is 6.29. The number of carbonyl (C=O) groups is 1. The predicted molar refractivity (Wildman–Crippen MR) is 85.4 cm³/mol. The van der Waals surface area contributed by atoms with E-state index >= 15 is 0 Å². The molecule has 2 aromatic carbocycles. The van der Waals surface area contributed by atoms with Gasteiger partial charge < -0.3 is 4.74 Å². The Hall–Kier alpha value is -2.54. The van der Waals surface area contributed by atoms with E-state index in [1.165, 1.54) is 23.5 Å². The molecule has 0 aliphatic carbocycles. The Labute approximate surface area is 134 Å². The van der Waals surface area contributed by atoms with E-state index in [4.69, 9.17) is 0 Å². The maximum atomic E-state index is 12.2. The number of carbonyl (C=O) groups excluding carboxylic acids is 1. The first-order valence-electron chi connectivity index (χ1n) is 6.75. The Balaban J connectivity index is 1.81. The number of nitrogens with one attached hydrogen (secondary N) is 1. The third kappa shape index (κ3) is 3.62. The summed E-state index contributed by atoms with van der Waals surface area (Å²) in [5, 5.41) is 3.12. The van der Waals surface area contributed by atoms with E-state index in [9.17, 15) is 13.6 Å². The van der Waals surface area contributed by atoms with Crippen LogP contribution in [0.2, 0.25) is 0 Å². The smallest absolute Gasteiger partial charge is 0.387 e. The fourth-order valence-corrected chi connectivity index (χ4v) is 2.98. The van der Waals surface area contributed by atoms with Crippen LogP contribution in [0.3, 0.4) is 0 Å². The van der Waals surface area contributed by atoms with Crippen molar-refractivity contribution in [3.63, 3.8) is 0 Å². The quantitative estimate of drug-likeness (QED) is 0.766. The topological polar surface area (TPSA) is 51.2 Å². The molecule has 0 radical (unpaired) electrons. The van der Waals surface area contributed by atoms with Crippen LogP contribution < -0.4 is 10.1 Å². The maximum Gasteiger partial charge on any atom is 0.387 e. The highest BCUT2D eigenvalue weighted by Crippen LogP contribution is 2.30. The lowest BCUT2D eigenvalue weighted by Crippen LogP contribution is -2.11. The third-order valence-corrected chi connectivity index (χ3v) is 4.02. The first-order valence-corrected chi connectivity index (χ1v) is 7.56. The fraction of sp³-hybridized carbons (Fsp3) is 0.125. The van der Waals surface area contributed by atoms with Crippen molar-refractivity contribution in [1.82, 2.24) is 4.98 Å². The average molecular weight is 334 g/mol. The summed E-state index contributed by atoms with van der Waals surface area (Å²) in [6.45, 7) is -0.972. The van der Waals surface area contributed by atoms with E-state index in [-0.39, 0.29) is 11.7 Å². The van der Waals surface area contributed by atoms with Crippen molar-refractivity contribution < 1.29 is 18.3 Å². The molecule has 0 fully saturated rings. The number of thiazole rings is 1. The van der Waals surface area contributed by atoms with Gasteiger partial charge in [0.1, 0.15) is 5.75 Å². The molecule has 118 valence electrons. The number of anilines is 1. The molecule has 0 saturated carbocycles. The summed E-state index contributed by atoms with van der Waals surface area (Å²) in [5.41, 5.74) is 2.12. The molecule has 0 aliphatic heterocycles. The van der Waals surface area contributed by atoms with E-state index < -0.39 is 6.61 Å². The van der Waals surface area contributed by atoms with E-state index in [2.05, 4.69) is 15.0 Å². The number of benzene rings is 2. The summed E-state index contributed by atoms with van der Waals surface area (Å²) < 4.78 is 29.5.